The molecule has 1 fully saturated rings. The molecule has 0 bridgehead atoms. The summed E-state index contributed by atoms with van der Waals surface area (Å²) in [5.74, 6) is 0.398. The summed E-state index contributed by atoms with van der Waals surface area (Å²) in [6, 6.07) is 8.03. The monoisotopic (exact) mass is 467 g/mol. The minimum absolute atomic E-state index is 0.0556. The molecule has 4 rings (SSSR count). The quantitative estimate of drug-likeness (QED) is 0.285. The summed E-state index contributed by atoms with van der Waals surface area (Å²) < 4.78 is 12.7. The molecule has 0 atom stereocenters. The van der Waals surface area contributed by atoms with Crippen LogP contribution in [0.2, 0.25) is 25.7 Å². The Hall–Kier alpha value is -2.95. The molecule has 174 valence electrons. The molecule has 1 aliphatic rings. The lowest BCUT2D eigenvalue weighted by atomic mass is 10.0. The van der Waals surface area contributed by atoms with Gasteiger partial charge in [0.15, 0.2) is 12.1 Å². The molecule has 10 heteroatoms. The third kappa shape index (κ3) is 5.70. The van der Waals surface area contributed by atoms with Gasteiger partial charge >= 0.3 is 0 Å². The Labute approximate surface area is 193 Å². The molecule has 0 aliphatic carbocycles. The van der Waals surface area contributed by atoms with E-state index in [1.54, 1.807) is 40.2 Å². The highest BCUT2D eigenvalue weighted by Gasteiger charge is 2.20. The van der Waals surface area contributed by atoms with Gasteiger partial charge in [0.25, 0.3) is 5.91 Å². The van der Waals surface area contributed by atoms with Crippen LogP contribution in [0.3, 0.4) is 0 Å². The van der Waals surface area contributed by atoms with E-state index in [1.807, 2.05) is 0 Å². The largest absolute Gasteiger partial charge is 0.378 e. The number of carbonyl (C=O) groups is 2. The second-order valence-electron chi connectivity index (χ2n) is 9.30. The van der Waals surface area contributed by atoms with E-state index in [9.17, 15) is 9.59 Å². The van der Waals surface area contributed by atoms with Gasteiger partial charge in [-0.15, -0.1) is 5.10 Å². The number of rotatable bonds is 8. The number of pyridine rings is 1. The molecule has 33 heavy (non-hydrogen) atoms. The molecule has 3 heterocycles. The Morgan fingerprint density at radius 1 is 1.21 bits per heavy atom. The highest BCUT2D eigenvalue weighted by molar-refractivity contribution is 6.76. The molecule has 2 aromatic heterocycles. The summed E-state index contributed by atoms with van der Waals surface area (Å²) in [4.78, 5) is 35.1. The first-order valence-corrected chi connectivity index (χ1v) is 14.8. The number of nitrogens with zero attached hydrogens (tertiary/aromatic N) is 5. The van der Waals surface area contributed by atoms with Gasteiger partial charge in [0.2, 0.25) is 0 Å². The van der Waals surface area contributed by atoms with E-state index in [1.165, 1.54) is 0 Å². The van der Waals surface area contributed by atoms with Crippen molar-refractivity contribution >= 4 is 31.2 Å². The summed E-state index contributed by atoms with van der Waals surface area (Å²) in [5, 5.41) is 5.26. The van der Waals surface area contributed by atoms with Gasteiger partial charge in [-0.1, -0.05) is 19.6 Å². The van der Waals surface area contributed by atoms with Crippen LogP contribution >= 0.6 is 0 Å². The van der Waals surface area contributed by atoms with Crippen LogP contribution in [0.5, 0.6) is 0 Å². The minimum Gasteiger partial charge on any atom is -0.378 e. The topological polar surface area (TPSA) is 99.4 Å². The number of benzene rings is 1. The standard InChI is InChI=1S/C23H29N5O4Si/c1-33(2,3)11-10-32-16-28-15-24-22(26-28)20-13-18(14-29)25-21-5-4-17(12-19(20)21)23(30)27-6-8-31-9-7-27/h4-5,12-15H,6-11,16H2,1-3H3. The lowest BCUT2D eigenvalue weighted by Crippen LogP contribution is -2.40. The second kappa shape index (κ2) is 9.90. The third-order valence-corrected chi connectivity index (χ3v) is 7.20. The Morgan fingerprint density at radius 2 is 2.00 bits per heavy atom. The fraction of sp³-hybridized carbons (Fsp3) is 0.435. The second-order valence-corrected chi connectivity index (χ2v) is 14.9. The molecule has 1 aliphatic heterocycles. The first kappa shape index (κ1) is 23.2. The summed E-state index contributed by atoms with van der Waals surface area (Å²) in [5.41, 5.74) is 2.10. The van der Waals surface area contributed by atoms with E-state index in [0.29, 0.717) is 68.4 Å². The van der Waals surface area contributed by atoms with Crippen molar-refractivity contribution in [3.8, 4) is 11.4 Å². The van der Waals surface area contributed by atoms with Crippen LogP contribution in [0.4, 0.5) is 0 Å². The van der Waals surface area contributed by atoms with Crippen molar-refractivity contribution in [2.45, 2.75) is 32.4 Å². The first-order valence-electron chi connectivity index (χ1n) is 11.1. The van der Waals surface area contributed by atoms with Gasteiger partial charge in [-0.2, -0.15) is 0 Å². The molecule has 1 amide bonds. The maximum atomic E-state index is 13.0. The van der Waals surface area contributed by atoms with Crippen molar-refractivity contribution in [2.24, 2.45) is 0 Å². The molecule has 0 spiro atoms. The molecule has 1 saturated heterocycles. The van der Waals surface area contributed by atoms with Crippen LogP contribution < -0.4 is 0 Å². The van der Waals surface area contributed by atoms with Crippen molar-refractivity contribution in [3.05, 3.63) is 41.9 Å². The van der Waals surface area contributed by atoms with Crippen LogP contribution in [0.25, 0.3) is 22.3 Å². The van der Waals surface area contributed by atoms with Gasteiger partial charge in [0.1, 0.15) is 18.8 Å². The smallest absolute Gasteiger partial charge is 0.254 e. The van der Waals surface area contributed by atoms with Crippen LogP contribution in [0, 0.1) is 0 Å². The number of ether oxygens (including phenoxy) is 2. The van der Waals surface area contributed by atoms with Crippen LogP contribution in [0.15, 0.2) is 30.6 Å². The lowest BCUT2D eigenvalue weighted by Gasteiger charge is -2.27. The molecular weight excluding hydrogens is 438 g/mol. The van der Waals surface area contributed by atoms with Crippen molar-refractivity contribution in [2.75, 3.05) is 32.9 Å². The molecule has 0 unspecified atom stereocenters. The zero-order chi connectivity index (χ0) is 23.4. The number of aromatic nitrogens is 4. The average molecular weight is 468 g/mol. The maximum absolute atomic E-state index is 13.0. The fourth-order valence-electron chi connectivity index (χ4n) is 3.59. The van der Waals surface area contributed by atoms with E-state index < -0.39 is 8.07 Å². The summed E-state index contributed by atoms with van der Waals surface area (Å²) in [6.07, 6.45) is 2.31. The van der Waals surface area contributed by atoms with Crippen LogP contribution in [0.1, 0.15) is 20.8 Å². The Kier molecular flexibility index (Phi) is 6.96. The van der Waals surface area contributed by atoms with Crippen molar-refractivity contribution < 1.29 is 19.1 Å². The fourth-order valence-corrected chi connectivity index (χ4v) is 4.35. The van der Waals surface area contributed by atoms with E-state index in [-0.39, 0.29) is 11.6 Å². The van der Waals surface area contributed by atoms with E-state index in [4.69, 9.17) is 9.47 Å². The number of fused-ring (bicyclic) bond motifs is 1. The van der Waals surface area contributed by atoms with Crippen LogP contribution in [-0.4, -0.2) is 77.8 Å². The van der Waals surface area contributed by atoms with Gasteiger partial charge in [-0.05, 0) is 30.3 Å². The van der Waals surface area contributed by atoms with Gasteiger partial charge in [-0.3, -0.25) is 9.59 Å². The Balaban J connectivity index is 1.61. The zero-order valence-corrected chi connectivity index (χ0v) is 20.3. The number of aldehydes is 1. The van der Waals surface area contributed by atoms with E-state index >= 15 is 0 Å². The maximum Gasteiger partial charge on any atom is 0.254 e. The third-order valence-electron chi connectivity index (χ3n) is 5.49. The molecular formula is C23H29N5O4Si. The molecule has 0 N–H and O–H groups in total. The summed E-state index contributed by atoms with van der Waals surface area (Å²) in [6.45, 7) is 10.1. The summed E-state index contributed by atoms with van der Waals surface area (Å²) >= 11 is 0. The molecule has 0 radical (unpaired) electrons. The van der Waals surface area contributed by atoms with E-state index in [2.05, 4.69) is 34.7 Å². The highest BCUT2D eigenvalue weighted by Crippen LogP contribution is 2.27. The van der Waals surface area contributed by atoms with Crippen molar-refractivity contribution in [1.82, 2.24) is 24.6 Å². The van der Waals surface area contributed by atoms with Gasteiger partial charge in [-0.25, -0.2) is 14.6 Å². The highest BCUT2D eigenvalue weighted by atomic mass is 28.3. The predicted molar refractivity (Wildman–Crippen MR) is 127 cm³/mol. The number of morpholine rings is 1. The molecule has 0 saturated carbocycles. The Morgan fingerprint density at radius 3 is 2.73 bits per heavy atom. The first-order chi connectivity index (χ1) is 15.8. The van der Waals surface area contributed by atoms with Crippen molar-refractivity contribution in [1.29, 1.82) is 0 Å². The summed E-state index contributed by atoms with van der Waals surface area (Å²) in [7, 11) is -1.16. The van der Waals surface area contributed by atoms with Gasteiger partial charge < -0.3 is 14.4 Å². The lowest BCUT2D eigenvalue weighted by molar-refractivity contribution is 0.0303. The van der Waals surface area contributed by atoms with E-state index in [0.717, 1.165) is 11.4 Å². The molecule has 1 aromatic carbocycles. The SMILES string of the molecule is C[Si](C)(C)CCOCn1cnc(-c2cc(C=O)nc3ccc(C(=O)N4CCOCC4)cc23)n1. The van der Waals surface area contributed by atoms with Crippen molar-refractivity contribution in [3.63, 3.8) is 0 Å². The molecule has 3 aromatic rings. The normalized spacial score (nSPS) is 14.6. The number of hydrogen-bond donors (Lipinski definition) is 0. The number of carbonyl (C=O) groups excluding carboxylic acids is 2. The Bertz CT molecular complexity index is 1150. The number of amides is 1. The average Bonchev–Trinajstić information content (AvgIpc) is 3.29. The predicted octanol–water partition coefficient (Wildman–Crippen LogP) is 3.09. The van der Waals surface area contributed by atoms with Gasteiger partial charge in [0, 0.05) is 44.3 Å². The van der Waals surface area contributed by atoms with Crippen LogP contribution in [-0.2, 0) is 16.2 Å². The number of hydrogen-bond acceptors (Lipinski definition) is 7. The molecule has 9 nitrogen and oxygen atoms in total. The zero-order valence-electron chi connectivity index (χ0n) is 19.3. The minimum atomic E-state index is -1.16. The van der Waals surface area contributed by atoms with Gasteiger partial charge in [0.05, 0.1) is 18.7 Å².